The molecule has 17 heavy (non-hydrogen) atoms. The summed E-state index contributed by atoms with van der Waals surface area (Å²) in [6.07, 6.45) is 6.85. The van der Waals surface area contributed by atoms with Crippen LogP contribution in [-0.4, -0.2) is 7.05 Å². The van der Waals surface area contributed by atoms with E-state index in [2.05, 4.69) is 31.4 Å². The molecule has 1 aliphatic rings. The molecule has 1 atom stereocenters. The predicted molar refractivity (Wildman–Crippen MR) is 74.6 cm³/mol. The smallest absolute Gasteiger partial charge is 0.0438 e. The van der Waals surface area contributed by atoms with Gasteiger partial charge >= 0.3 is 0 Å². The van der Waals surface area contributed by atoms with Crippen molar-refractivity contribution in [3.63, 3.8) is 0 Å². The molecule has 1 aromatic rings. The molecule has 1 saturated carbocycles. The van der Waals surface area contributed by atoms with Crippen molar-refractivity contribution in [1.29, 1.82) is 0 Å². The van der Waals surface area contributed by atoms with Crippen LogP contribution in [0.1, 0.15) is 49.3 Å². The Kier molecular flexibility index (Phi) is 4.47. The van der Waals surface area contributed by atoms with Crippen LogP contribution in [0.2, 0.25) is 5.02 Å². The van der Waals surface area contributed by atoms with E-state index in [4.69, 9.17) is 11.6 Å². The number of halogens is 1. The van der Waals surface area contributed by atoms with Gasteiger partial charge in [-0.3, -0.25) is 0 Å². The highest BCUT2D eigenvalue weighted by atomic mass is 35.5. The van der Waals surface area contributed by atoms with Crippen molar-refractivity contribution in [1.82, 2.24) is 5.32 Å². The highest BCUT2D eigenvalue weighted by molar-refractivity contribution is 6.31. The van der Waals surface area contributed by atoms with Gasteiger partial charge < -0.3 is 5.32 Å². The Labute approximate surface area is 110 Å². The minimum absolute atomic E-state index is 0.467. The lowest BCUT2D eigenvalue weighted by atomic mass is 9.80. The van der Waals surface area contributed by atoms with Gasteiger partial charge in [0, 0.05) is 11.1 Å². The third-order valence-electron chi connectivity index (χ3n) is 4.08. The minimum Gasteiger partial charge on any atom is -0.313 e. The van der Waals surface area contributed by atoms with Crippen molar-refractivity contribution >= 4 is 11.6 Å². The van der Waals surface area contributed by atoms with E-state index in [0.717, 1.165) is 10.9 Å². The molecule has 0 aromatic heterocycles. The van der Waals surface area contributed by atoms with Gasteiger partial charge in [0.25, 0.3) is 0 Å². The standard InChI is InChI=1S/C15H22ClN/c1-11-13(9-6-10-14(11)16)15(17-2)12-7-4-3-5-8-12/h6,9-10,12,15,17H,3-5,7-8H2,1-2H3. The van der Waals surface area contributed by atoms with Crippen LogP contribution in [0.4, 0.5) is 0 Å². The molecule has 0 amide bonds. The lowest BCUT2D eigenvalue weighted by Crippen LogP contribution is -2.27. The fourth-order valence-corrected chi connectivity index (χ4v) is 3.26. The Morgan fingerprint density at radius 2 is 1.94 bits per heavy atom. The SMILES string of the molecule is CNC(c1cccc(Cl)c1C)C1CCCCC1. The Hall–Kier alpha value is -0.530. The molecule has 2 rings (SSSR count). The van der Waals surface area contributed by atoms with E-state index >= 15 is 0 Å². The fraction of sp³-hybridized carbons (Fsp3) is 0.600. The second kappa shape index (κ2) is 5.88. The van der Waals surface area contributed by atoms with Crippen LogP contribution in [0.15, 0.2) is 18.2 Å². The fourth-order valence-electron chi connectivity index (χ4n) is 3.07. The van der Waals surface area contributed by atoms with Crippen LogP contribution in [0, 0.1) is 12.8 Å². The van der Waals surface area contributed by atoms with Gasteiger partial charge in [-0.25, -0.2) is 0 Å². The summed E-state index contributed by atoms with van der Waals surface area (Å²) in [6.45, 7) is 2.13. The molecular formula is C15H22ClN. The van der Waals surface area contributed by atoms with Gasteiger partial charge in [-0.05, 0) is 49.9 Å². The maximum Gasteiger partial charge on any atom is 0.0438 e. The molecule has 2 heteroatoms. The van der Waals surface area contributed by atoms with Crippen LogP contribution in [-0.2, 0) is 0 Å². The molecule has 1 N–H and O–H groups in total. The van der Waals surface area contributed by atoms with Crippen molar-refractivity contribution in [2.75, 3.05) is 7.05 Å². The molecule has 1 fully saturated rings. The summed E-state index contributed by atoms with van der Waals surface area (Å²) in [4.78, 5) is 0. The average Bonchev–Trinajstić information content (AvgIpc) is 2.37. The largest absolute Gasteiger partial charge is 0.313 e. The van der Waals surface area contributed by atoms with Gasteiger partial charge in [-0.15, -0.1) is 0 Å². The first-order valence-electron chi connectivity index (χ1n) is 6.66. The van der Waals surface area contributed by atoms with Gasteiger partial charge in [0.2, 0.25) is 0 Å². The highest BCUT2D eigenvalue weighted by Crippen LogP contribution is 2.36. The molecule has 94 valence electrons. The van der Waals surface area contributed by atoms with Crippen LogP contribution in [0.5, 0.6) is 0 Å². The molecule has 1 nitrogen and oxygen atoms in total. The zero-order valence-electron chi connectivity index (χ0n) is 10.8. The quantitative estimate of drug-likeness (QED) is 0.835. The molecule has 0 radical (unpaired) electrons. The van der Waals surface area contributed by atoms with E-state index in [1.807, 2.05) is 6.07 Å². The van der Waals surface area contributed by atoms with Crippen LogP contribution >= 0.6 is 11.6 Å². The molecule has 1 unspecified atom stereocenters. The molecule has 1 aromatic carbocycles. The molecule has 0 spiro atoms. The zero-order valence-corrected chi connectivity index (χ0v) is 11.6. The Bertz CT molecular complexity index is 369. The van der Waals surface area contributed by atoms with Crippen molar-refractivity contribution in [2.45, 2.75) is 45.1 Å². The Morgan fingerprint density at radius 3 is 2.59 bits per heavy atom. The van der Waals surface area contributed by atoms with Gasteiger partial charge in [0.15, 0.2) is 0 Å². The summed E-state index contributed by atoms with van der Waals surface area (Å²) in [7, 11) is 2.07. The number of benzene rings is 1. The van der Waals surface area contributed by atoms with Gasteiger partial charge in [-0.2, -0.15) is 0 Å². The van der Waals surface area contributed by atoms with E-state index in [9.17, 15) is 0 Å². The van der Waals surface area contributed by atoms with Gasteiger partial charge in [-0.1, -0.05) is 43.0 Å². The van der Waals surface area contributed by atoms with Crippen molar-refractivity contribution in [2.24, 2.45) is 5.92 Å². The van der Waals surface area contributed by atoms with Gasteiger partial charge in [0.1, 0.15) is 0 Å². The van der Waals surface area contributed by atoms with Crippen LogP contribution in [0.3, 0.4) is 0 Å². The second-order valence-electron chi connectivity index (χ2n) is 5.12. The molecular weight excluding hydrogens is 230 g/mol. The van der Waals surface area contributed by atoms with E-state index in [1.165, 1.54) is 43.2 Å². The first kappa shape index (κ1) is 12.9. The van der Waals surface area contributed by atoms with E-state index in [-0.39, 0.29) is 0 Å². The number of hydrogen-bond acceptors (Lipinski definition) is 1. The van der Waals surface area contributed by atoms with Crippen molar-refractivity contribution in [3.8, 4) is 0 Å². The minimum atomic E-state index is 0.467. The summed E-state index contributed by atoms with van der Waals surface area (Å²) in [5.74, 6) is 0.769. The maximum atomic E-state index is 6.23. The molecule has 0 saturated heterocycles. The van der Waals surface area contributed by atoms with Gasteiger partial charge in [0.05, 0.1) is 0 Å². The Balaban J connectivity index is 2.24. The van der Waals surface area contributed by atoms with Crippen molar-refractivity contribution in [3.05, 3.63) is 34.3 Å². The summed E-state index contributed by atoms with van der Waals surface area (Å²) < 4.78 is 0. The predicted octanol–water partition coefficient (Wildman–Crippen LogP) is 4.49. The third-order valence-corrected chi connectivity index (χ3v) is 4.49. The van der Waals surface area contributed by atoms with E-state index in [1.54, 1.807) is 0 Å². The number of rotatable bonds is 3. The Morgan fingerprint density at radius 1 is 1.24 bits per heavy atom. The lowest BCUT2D eigenvalue weighted by molar-refractivity contribution is 0.281. The molecule has 1 aliphatic carbocycles. The van der Waals surface area contributed by atoms with Crippen LogP contribution in [0.25, 0.3) is 0 Å². The highest BCUT2D eigenvalue weighted by Gasteiger charge is 2.25. The lowest BCUT2D eigenvalue weighted by Gasteiger charge is -2.31. The monoisotopic (exact) mass is 251 g/mol. The molecule has 0 aliphatic heterocycles. The van der Waals surface area contributed by atoms with Crippen molar-refractivity contribution < 1.29 is 0 Å². The summed E-state index contributed by atoms with van der Waals surface area (Å²) >= 11 is 6.23. The summed E-state index contributed by atoms with van der Waals surface area (Å²) in [5, 5.41) is 4.39. The summed E-state index contributed by atoms with van der Waals surface area (Å²) in [6, 6.07) is 6.73. The first-order valence-corrected chi connectivity index (χ1v) is 7.04. The summed E-state index contributed by atoms with van der Waals surface area (Å²) in [5.41, 5.74) is 2.62. The molecule has 0 bridgehead atoms. The molecule has 0 heterocycles. The van der Waals surface area contributed by atoms with E-state index in [0.29, 0.717) is 6.04 Å². The zero-order chi connectivity index (χ0) is 12.3. The number of hydrogen-bond donors (Lipinski definition) is 1. The van der Waals surface area contributed by atoms with Crippen LogP contribution < -0.4 is 5.32 Å². The topological polar surface area (TPSA) is 12.0 Å². The first-order chi connectivity index (χ1) is 8.24. The maximum absolute atomic E-state index is 6.23. The van der Waals surface area contributed by atoms with E-state index < -0.39 is 0 Å². The third kappa shape index (κ3) is 2.83. The second-order valence-corrected chi connectivity index (χ2v) is 5.53. The number of nitrogens with one attached hydrogen (secondary N) is 1. The average molecular weight is 252 g/mol. The normalized spacial score (nSPS) is 19.2.